The molecule has 1 heterocycles. The van der Waals surface area contributed by atoms with E-state index in [9.17, 15) is 4.79 Å². The zero-order chi connectivity index (χ0) is 16.0. The molecule has 0 aromatic heterocycles. The van der Waals surface area contributed by atoms with E-state index < -0.39 is 5.60 Å². The predicted molar refractivity (Wildman–Crippen MR) is 89.5 cm³/mol. The molecule has 0 aliphatic carbocycles. The first kappa shape index (κ1) is 16.2. The quantitative estimate of drug-likeness (QED) is 0.605. The third-order valence-electron chi connectivity index (χ3n) is 3.54. The van der Waals surface area contributed by atoms with Crippen LogP contribution >= 0.6 is 12.6 Å². The van der Waals surface area contributed by atoms with Crippen LogP contribution in [0.2, 0.25) is 0 Å². The molecular weight excluding hydrogens is 282 g/mol. The predicted octanol–water partition coefficient (Wildman–Crippen LogP) is 4.12. The van der Waals surface area contributed by atoms with Gasteiger partial charge in [0.25, 0.3) is 0 Å². The lowest BCUT2D eigenvalue weighted by molar-refractivity contribution is -0.156. The number of esters is 1. The highest BCUT2D eigenvalue weighted by atomic mass is 32.1. The Morgan fingerprint density at radius 2 is 1.86 bits per heavy atom. The summed E-state index contributed by atoms with van der Waals surface area (Å²) in [5.74, 6) is -0.427. The van der Waals surface area contributed by atoms with Crippen LogP contribution in [0.3, 0.4) is 0 Å². The van der Waals surface area contributed by atoms with Gasteiger partial charge in [-0.3, -0.25) is 4.79 Å². The van der Waals surface area contributed by atoms with E-state index in [0.29, 0.717) is 6.54 Å². The highest BCUT2D eigenvalue weighted by Gasteiger charge is 2.33. The van der Waals surface area contributed by atoms with Gasteiger partial charge in [0.05, 0.1) is 0 Å². The number of thiol groups is 1. The average molecular weight is 307 g/mol. The minimum absolute atomic E-state index is 0.0256. The summed E-state index contributed by atoms with van der Waals surface area (Å²) in [4.78, 5) is 13.3. The number of hydrogen-bond donors (Lipinski definition) is 2. The van der Waals surface area contributed by atoms with Crippen molar-refractivity contribution in [3.63, 3.8) is 0 Å². The molecule has 1 aliphatic heterocycles. The number of fused-ring (bicyclic) bond motifs is 1. The van der Waals surface area contributed by atoms with Crippen molar-refractivity contribution in [3.8, 4) is 0 Å². The maximum atomic E-state index is 12.3. The maximum absolute atomic E-state index is 12.3. The molecule has 0 radical (unpaired) electrons. The minimum Gasteiger partial charge on any atom is -0.459 e. The van der Waals surface area contributed by atoms with E-state index in [1.165, 1.54) is 5.56 Å². The van der Waals surface area contributed by atoms with E-state index >= 15 is 0 Å². The molecule has 1 aromatic carbocycles. The highest BCUT2D eigenvalue weighted by Crippen LogP contribution is 2.39. The Balaban J connectivity index is 2.34. The van der Waals surface area contributed by atoms with Crippen molar-refractivity contribution in [2.24, 2.45) is 0 Å². The van der Waals surface area contributed by atoms with Crippen molar-refractivity contribution in [3.05, 3.63) is 23.3 Å². The lowest BCUT2D eigenvalue weighted by Gasteiger charge is -2.24. The SMILES string of the molecule is CC(C)(C)OC(=O)C1CNc2cc(C(C)(C)C)c(S)cc21. The highest BCUT2D eigenvalue weighted by molar-refractivity contribution is 7.80. The summed E-state index contributed by atoms with van der Waals surface area (Å²) in [5.41, 5.74) is 2.75. The van der Waals surface area contributed by atoms with Crippen molar-refractivity contribution in [1.82, 2.24) is 0 Å². The van der Waals surface area contributed by atoms with Gasteiger partial charge >= 0.3 is 5.97 Å². The molecule has 21 heavy (non-hydrogen) atoms. The van der Waals surface area contributed by atoms with Crippen molar-refractivity contribution >= 4 is 24.3 Å². The Morgan fingerprint density at radius 1 is 1.24 bits per heavy atom. The third-order valence-corrected chi connectivity index (χ3v) is 3.91. The fraction of sp³-hybridized carbons (Fsp3) is 0.588. The van der Waals surface area contributed by atoms with Crippen LogP contribution in [0.5, 0.6) is 0 Å². The summed E-state index contributed by atoms with van der Waals surface area (Å²) in [6.45, 7) is 12.7. The molecule has 1 unspecified atom stereocenters. The molecule has 0 saturated carbocycles. The third kappa shape index (κ3) is 3.54. The Kier molecular flexibility index (Phi) is 4.04. The number of ether oxygens (including phenoxy) is 1. The summed E-state index contributed by atoms with van der Waals surface area (Å²) >= 11 is 4.61. The van der Waals surface area contributed by atoms with Crippen LogP contribution in [0.15, 0.2) is 17.0 Å². The number of carbonyl (C=O) groups excluding carboxylic acids is 1. The number of rotatable bonds is 1. The van der Waals surface area contributed by atoms with E-state index in [1.807, 2.05) is 26.8 Å². The summed E-state index contributed by atoms with van der Waals surface area (Å²) in [6.07, 6.45) is 0. The normalized spacial score (nSPS) is 18.1. The van der Waals surface area contributed by atoms with Crippen LogP contribution in [0.1, 0.15) is 58.6 Å². The standard InChI is InChI=1S/C17H25NO2S/c1-16(2,3)12-8-13-10(7-14(12)21)11(9-18-13)15(19)20-17(4,5)6/h7-8,11,18,21H,9H2,1-6H3. The summed E-state index contributed by atoms with van der Waals surface area (Å²) in [5, 5.41) is 3.32. The van der Waals surface area contributed by atoms with Gasteiger partial charge in [0.1, 0.15) is 11.5 Å². The van der Waals surface area contributed by atoms with Crippen molar-refractivity contribution < 1.29 is 9.53 Å². The fourth-order valence-electron chi connectivity index (χ4n) is 2.55. The number of anilines is 1. The molecule has 2 rings (SSSR count). The molecule has 3 nitrogen and oxygen atoms in total. The lowest BCUT2D eigenvalue weighted by atomic mass is 9.85. The van der Waals surface area contributed by atoms with Crippen LogP contribution < -0.4 is 5.32 Å². The first-order chi connectivity index (χ1) is 9.49. The van der Waals surface area contributed by atoms with Gasteiger partial charge < -0.3 is 10.1 Å². The van der Waals surface area contributed by atoms with Crippen LogP contribution in [-0.2, 0) is 14.9 Å². The molecule has 0 amide bonds. The zero-order valence-electron chi connectivity index (χ0n) is 13.7. The van der Waals surface area contributed by atoms with E-state index in [0.717, 1.165) is 16.1 Å². The van der Waals surface area contributed by atoms with E-state index in [2.05, 4.69) is 44.8 Å². The Hall–Kier alpha value is -1.16. The van der Waals surface area contributed by atoms with Gasteiger partial charge in [-0.2, -0.15) is 0 Å². The van der Waals surface area contributed by atoms with Crippen LogP contribution in [0.25, 0.3) is 0 Å². The summed E-state index contributed by atoms with van der Waals surface area (Å²) in [6, 6.07) is 4.12. The van der Waals surface area contributed by atoms with Gasteiger partial charge in [-0.05, 0) is 49.4 Å². The van der Waals surface area contributed by atoms with Crippen LogP contribution in [0.4, 0.5) is 5.69 Å². The van der Waals surface area contributed by atoms with Crippen LogP contribution in [-0.4, -0.2) is 18.1 Å². The molecular formula is C17H25NO2S. The van der Waals surface area contributed by atoms with Crippen molar-refractivity contribution in [1.29, 1.82) is 0 Å². The first-order valence-corrected chi connectivity index (χ1v) is 7.78. The zero-order valence-corrected chi connectivity index (χ0v) is 14.6. The van der Waals surface area contributed by atoms with E-state index in [4.69, 9.17) is 4.74 Å². The van der Waals surface area contributed by atoms with E-state index in [-0.39, 0.29) is 17.3 Å². The van der Waals surface area contributed by atoms with Crippen LogP contribution in [0, 0.1) is 0 Å². The van der Waals surface area contributed by atoms with Gasteiger partial charge in [-0.1, -0.05) is 20.8 Å². The molecule has 0 bridgehead atoms. The number of benzene rings is 1. The van der Waals surface area contributed by atoms with E-state index in [1.54, 1.807) is 0 Å². The summed E-state index contributed by atoms with van der Waals surface area (Å²) < 4.78 is 5.51. The van der Waals surface area contributed by atoms with Gasteiger partial charge in [-0.15, -0.1) is 12.6 Å². The molecule has 1 aromatic rings. The molecule has 4 heteroatoms. The molecule has 1 N–H and O–H groups in total. The Labute approximate surface area is 132 Å². The number of carbonyl (C=O) groups is 1. The molecule has 0 fully saturated rings. The Bertz CT molecular complexity index is 567. The Morgan fingerprint density at radius 3 is 2.38 bits per heavy atom. The summed E-state index contributed by atoms with van der Waals surface area (Å²) in [7, 11) is 0. The van der Waals surface area contributed by atoms with Crippen molar-refractivity contribution in [2.45, 2.75) is 63.4 Å². The molecule has 116 valence electrons. The van der Waals surface area contributed by atoms with Gasteiger partial charge in [0.2, 0.25) is 0 Å². The van der Waals surface area contributed by atoms with Gasteiger partial charge in [-0.25, -0.2) is 0 Å². The maximum Gasteiger partial charge on any atom is 0.315 e. The second-order valence-electron chi connectivity index (χ2n) is 7.67. The fourth-order valence-corrected chi connectivity index (χ4v) is 3.09. The largest absolute Gasteiger partial charge is 0.459 e. The van der Waals surface area contributed by atoms with Gasteiger partial charge in [0, 0.05) is 17.1 Å². The molecule has 0 spiro atoms. The van der Waals surface area contributed by atoms with Crippen molar-refractivity contribution in [2.75, 3.05) is 11.9 Å². The minimum atomic E-state index is -0.463. The average Bonchev–Trinajstić information content (AvgIpc) is 2.66. The monoisotopic (exact) mass is 307 g/mol. The molecule has 0 saturated heterocycles. The topological polar surface area (TPSA) is 38.3 Å². The molecule has 1 aliphatic rings. The molecule has 1 atom stereocenters. The van der Waals surface area contributed by atoms with Gasteiger partial charge in [0.15, 0.2) is 0 Å². The second-order valence-corrected chi connectivity index (χ2v) is 8.16. The second kappa shape index (κ2) is 5.24. The lowest BCUT2D eigenvalue weighted by Crippen LogP contribution is -2.28. The first-order valence-electron chi connectivity index (χ1n) is 7.33. The number of hydrogen-bond acceptors (Lipinski definition) is 4. The number of nitrogens with one attached hydrogen (secondary N) is 1. The smallest absolute Gasteiger partial charge is 0.315 e.